The van der Waals surface area contributed by atoms with Gasteiger partial charge in [-0.2, -0.15) is 0 Å². The number of rotatable bonds is 13. The van der Waals surface area contributed by atoms with E-state index in [1.165, 1.54) is 70.6 Å². The first kappa shape index (κ1) is 16.7. The summed E-state index contributed by atoms with van der Waals surface area (Å²) in [6, 6.07) is 0. The molecule has 17 heavy (non-hydrogen) atoms. The van der Waals surface area contributed by atoms with Gasteiger partial charge >= 0.3 is 0 Å². The van der Waals surface area contributed by atoms with Gasteiger partial charge in [0.2, 0.25) is 0 Å². The molecule has 0 unspecified atom stereocenters. The first-order valence-corrected chi connectivity index (χ1v) is 7.55. The summed E-state index contributed by atoms with van der Waals surface area (Å²) >= 11 is 0. The monoisotopic (exact) mass is 240 g/mol. The van der Waals surface area contributed by atoms with Crippen molar-refractivity contribution in [2.45, 2.75) is 77.6 Å². The van der Waals surface area contributed by atoms with E-state index < -0.39 is 0 Å². The number of hydrogen-bond donors (Lipinski definition) is 0. The lowest BCUT2D eigenvalue weighted by molar-refractivity contribution is 0.192. The van der Waals surface area contributed by atoms with Gasteiger partial charge < -0.3 is 4.74 Å². The maximum atomic E-state index is 5.03. The fraction of sp³-hybridized carbons (Fsp3) is 0.875. The largest absolute Gasteiger partial charge is 0.385 e. The molecule has 0 spiro atoms. The summed E-state index contributed by atoms with van der Waals surface area (Å²) in [6.07, 6.45) is 19.5. The molecule has 0 saturated heterocycles. The van der Waals surface area contributed by atoms with Gasteiger partial charge in [0.1, 0.15) is 0 Å². The lowest BCUT2D eigenvalue weighted by Gasteiger charge is -1.99. The van der Waals surface area contributed by atoms with E-state index in [9.17, 15) is 0 Å². The normalized spacial score (nSPS) is 11.4. The van der Waals surface area contributed by atoms with Crippen molar-refractivity contribution in [3.8, 4) is 0 Å². The number of unbranched alkanes of at least 4 members (excludes halogenated alkanes) is 9. The van der Waals surface area contributed by atoms with Crippen molar-refractivity contribution < 1.29 is 4.74 Å². The summed E-state index contributed by atoms with van der Waals surface area (Å²) in [6.45, 7) is 3.19. The maximum Gasteiger partial charge on any atom is 0.0462 e. The average molecular weight is 240 g/mol. The highest BCUT2D eigenvalue weighted by molar-refractivity contribution is 4.81. The van der Waals surface area contributed by atoms with Crippen molar-refractivity contribution in [3.63, 3.8) is 0 Å². The van der Waals surface area contributed by atoms with Gasteiger partial charge in [-0.25, -0.2) is 0 Å². The van der Waals surface area contributed by atoms with Crippen LogP contribution in [0.1, 0.15) is 77.6 Å². The molecule has 0 saturated carbocycles. The molecule has 0 aromatic carbocycles. The molecule has 0 aliphatic rings. The molecule has 0 amide bonds. The molecule has 0 aliphatic carbocycles. The Kier molecular flexibility index (Phi) is 15.4. The highest BCUT2D eigenvalue weighted by Gasteiger charge is 1.89. The molecule has 0 aromatic heterocycles. The molecule has 0 aliphatic heterocycles. The highest BCUT2D eigenvalue weighted by atomic mass is 16.5. The standard InChI is InChI=1S/C16H32O/c1-3-4-5-6-7-8-9-10-11-12-13-14-15-16-17-2/h8-9H,3-7,10-16H2,1-2H3/b9-8-. The molecule has 0 atom stereocenters. The molecule has 0 rings (SSSR count). The van der Waals surface area contributed by atoms with Gasteiger partial charge in [0.15, 0.2) is 0 Å². The third-order valence-corrected chi connectivity index (χ3v) is 3.11. The Morgan fingerprint density at radius 2 is 1.24 bits per heavy atom. The zero-order valence-electron chi connectivity index (χ0n) is 12.0. The lowest BCUT2D eigenvalue weighted by atomic mass is 10.1. The van der Waals surface area contributed by atoms with Crippen LogP contribution < -0.4 is 0 Å². The molecule has 0 N–H and O–H groups in total. The van der Waals surface area contributed by atoms with Crippen molar-refractivity contribution in [2.24, 2.45) is 0 Å². The fourth-order valence-electron chi connectivity index (χ4n) is 1.96. The van der Waals surface area contributed by atoms with Crippen LogP contribution >= 0.6 is 0 Å². The third-order valence-electron chi connectivity index (χ3n) is 3.11. The van der Waals surface area contributed by atoms with Crippen molar-refractivity contribution >= 4 is 0 Å². The van der Waals surface area contributed by atoms with E-state index in [1.807, 2.05) is 0 Å². The molecule has 0 bridgehead atoms. The van der Waals surface area contributed by atoms with Crippen LogP contribution in [-0.2, 0) is 4.74 Å². The van der Waals surface area contributed by atoms with E-state index in [0.29, 0.717) is 0 Å². The first-order chi connectivity index (χ1) is 8.41. The van der Waals surface area contributed by atoms with Crippen molar-refractivity contribution in [1.29, 1.82) is 0 Å². The Bertz CT molecular complexity index is 152. The smallest absolute Gasteiger partial charge is 0.0462 e. The molecule has 0 radical (unpaired) electrons. The van der Waals surface area contributed by atoms with Gasteiger partial charge in [-0.1, -0.05) is 57.6 Å². The Balaban J connectivity index is 2.99. The van der Waals surface area contributed by atoms with Gasteiger partial charge in [-0.3, -0.25) is 0 Å². The van der Waals surface area contributed by atoms with Crippen molar-refractivity contribution in [3.05, 3.63) is 12.2 Å². The van der Waals surface area contributed by atoms with E-state index in [1.54, 1.807) is 7.11 Å². The van der Waals surface area contributed by atoms with Gasteiger partial charge in [-0.05, 0) is 32.1 Å². The second-order valence-electron chi connectivity index (χ2n) is 4.87. The molecule has 1 heteroatoms. The Hall–Kier alpha value is -0.300. The minimum Gasteiger partial charge on any atom is -0.385 e. The Morgan fingerprint density at radius 3 is 1.82 bits per heavy atom. The fourth-order valence-corrected chi connectivity index (χ4v) is 1.96. The van der Waals surface area contributed by atoms with E-state index in [-0.39, 0.29) is 0 Å². The lowest BCUT2D eigenvalue weighted by Crippen LogP contribution is -1.87. The predicted molar refractivity (Wildman–Crippen MR) is 77.5 cm³/mol. The van der Waals surface area contributed by atoms with Crippen LogP contribution in [0.25, 0.3) is 0 Å². The van der Waals surface area contributed by atoms with Crippen LogP contribution in [0.15, 0.2) is 12.2 Å². The van der Waals surface area contributed by atoms with Crippen LogP contribution in [0.2, 0.25) is 0 Å². The zero-order chi connectivity index (χ0) is 12.6. The molecular weight excluding hydrogens is 208 g/mol. The maximum absolute atomic E-state index is 5.03. The van der Waals surface area contributed by atoms with Gasteiger partial charge in [0.25, 0.3) is 0 Å². The number of ether oxygens (including phenoxy) is 1. The SMILES string of the molecule is CCCCCC/C=C\CCCCCCCOC. The van der Waals surface area contributed by atoms with Gasteiger partial charge in [0.05, 0.1) is 0 Å². The van der Waals surface area contributed by atoms with Crippen molar-refractivity contribution in [1.82, 2.24) is 0 Å². The molecule has 0 heterocycles. The second-order valence-corrected chi connectivity index (χ2v) is 4.87. The summed E-state index contributed by atoms with van der Waals surface area (Å²) in [4.78, 5) is 0. The molecule has 0 aromatic rings. The second kappa shape index (κ2) is 15.7. The average Bonchev–Trinajstić information content (AvgIpc) is 2.35. The minimum atomic E-state index is 0.928. The topological polar surface area (TPSA) is 9.23 Å². The first-order valence-electron chi connectivity index (χ1n) is 7.55. The summed E-state index contributed by atoms with van der Waals surface area (Å²) < 4.78 is 5.03. The van der Waals surface area contributed by atoms with E-state index >= 15 is 0 Å². The van der Waals surface area contributed by atoms with Crippen molar-refractivity contribution in [2.75, 3.05) is 13.7 Å². The third kappa shape index (κ3) is 15.7. The summed E-state index contributed by atoms with van der Waals surface area (Å²) in [5, 5.41) is 0. The molecular formula is C16H32O. The summed E-state index contributed by atoms with van der Waals surface area (Å²) in [5.74, 6) is 0. The number of hydrogen-bond acceptors (Lipinski definition) is 1. The van der Waals surface area contributed by atoms with Gasteiger partial charge in [-0.15, -0.1) is 0 Å². The molecule has 102 valence electrons. The number of allylic oxidation sites excluding steroid dienone is 2. The predicted octanol–water partition coefficient (Wildman–Crippen LogP) is 5.50. The molecule has 0 fully saturated rings. The Labute approximate surface area is 109 Å². The quantitative estimate of drug-likeness (QED) is 0.305. The van der Waals surface area contributed by atoms with E-state index in [0.717, 1.165) is 6.61 Å². The van der Waals surface area contributed by atoms with Crippen LogP contribution in [0, 0.1) is 0 Å². The summed E-state index contributed by atoms with van der Waals surface area (Å²) in [7, 11) is 1.78. The highest BCUT2D eigenvalue weighted by Crippen LogP contribution is 2.07. The van der Waals surface area contributed by atoms with Crippen LogP contribution in [0.3, 0.4) is 0 Å². The van der Waals surface area contributed by atoms with E-state index in [2.05, 4.69) is 19.1 Å². The zero-order valence-corrected chi connectivity index (χ0v) is 12.0. The molecule has 1 nitrogen and oxygen atoms in total. The van der Waals surface area contributed by atoms with E-state index in [4.69, 9.17) is 4.74 Å². The van der Waals surface area contributed by atoms with Gasteiger partial charge in [0, 0.05) is 13.7 Å². The summed E-state index contributed by atoms with van der Waals surface area (Å²) in [5.41, 5.74) is 0. The van der Waals surface area contributed by atoms with Crippen LogP contribution in [0.5, 0.6) is 0 Å². The number of methoxy groups -OCH3 is 1. The minimum absolute atomic E-state index is 0.928. The van der Waals surface area contributed by atoms with Crippen LogP contribution in [-0.4, -0.2) is 13.7 Å². The Morgan fingerprint density at radius 1 is 0.706 bits per heavy atom. The van der Waals surface area contributed by atoms with Crippen LogP contribution in [0.4, 0.5) is 0 Å².